The summed E-state index contributed by atoms with van der Waals surface area (Å²) in [6, 6.07) is 1.06. The summed E-state index contributed by atoms with van der Waals surface area (Å²) in [5.41, 5.74) is -0.0639. The van der Waals surface area contributed by atoms with Gasteiger partial charge in [-0.3, -0.25) is 9.79 Å². The van der Waals surface area contributed by atoms with Crippen molar-refractivity contribution in [1.82, 2.24) is 14.6 Å². The molecule has 2 fully saturated rings. The van der Waals surface area contributed by atoms with Gasteiger partial charge >= 0.3 is 11.9 Å². The summed E-state index contributed by atoms with van der Waals surface area (Å²) in [5, 5.41) is 4.29. The number of piperidine rings is 1. The number of sulfonamides is 1. The smallest absolute Gasteiger partial charge is 0.338 e. The van der Waals surface area contributed by atoms with Crippen LogP contribution in [0.3, 0.4) is 0 Å². The van der Waals surface area contributed by atoms with E-state index in [1.165, 1.54) is 28.8 Å². The number of carbonyl (C=O) groups excluding carboxylic acids is 2. The van der Waals surface area contributed by atoms with Crippen LogP contribution in [0.25, 0.3) is 0 Å². The molecule has 1 aromatic carbocycles. The van der Waals surface area contributed by atoms with E-state index in [0.717, 1.165) is 6.07 Å². The quantitative estimate of drug-likeness (QED) is 0.330. The van der Waals surface area contributed by atoms with Gasteiger partial charge in [-0.25, -0.2) is 31.3 Å². The van der Waals surface area contributed by atoms with Gasteiger partial charge in [-0.1, -0.05) is 17.7 Å². The number of allylic oxidation sites excluding steroid dienone is 1. The lowest BCUT2D eigenvalue weighted by atomic mass is 9.85. The number of hydrogen-bond acceptors (Lipinski definition) is 10. The van der Waals surface area contributed by atoms with Gasteiger partial charge in [-0.05, 0) is 52.5 Å². The minimum Gasteiger partial charge on any atom is -0.466 e. The Hall–Kier alpha value is -2.94. The number of aliphatic imine (C=N–C) groups is 1. The molecule has 1 saturated heterocycles. The van der Waals surface area contributed by atoms with Crippen LogP contribution < -0.4 is 5.32 Å². The van der Waals surface area contributed by atoms with Crippen LogP contribution in [0.1, 0.15) is 63.1 Å². The molecular formula is C29H33ClF2N4O6S2. The second kappa shape index (κ2) is 12.5. The number of thiazole rings is 1. The third-order valence-electron chi connectivity index (χ3n) is 7.95. The van der Waals surface area contributed by atoms with E-state index < -0.39 is 55.5 Å². The van der Waals surface area contributed by atoms with Crippen molar-refractivity contribution in [3.63, 3.8) is 0 Å². The van der Waals surface area contributed by atoms with Gasteiger partial charge in [0, 0.05) is 41.8 Å². The zero-order valence-corrected chi connectivity index (χ0v) is 27.0. The van der Waals surface area contributed by atoms with Crippen molar-refractivity contribution in [3.8, 4) is 0 Å². The van der Waals surface area contributed by atoms with E-state index in [1.807, 2.05) is 0 Å². The number of methoxy groups -OCH3 is 1. The number of aromatic nitrogens is 1. The lowest BCUT2D eigenvalue weighted by molar-refractivity contribution is -0.162. The van der Waals surface area contributed by atoms with Gasteiger partial charge in [0.1, 0.15) is 11.6 Å². The number of carbonyl (C=O) groups is 2. The number of halogens is 3. The number of esters is 2. The molecule has 238 valence electrons. The van der Waals surface area contributed by atoms with E-state index in [9.17, 15) is 26.8 Å². The summed E-state index contributed by atoms with van der Waals surface area (Å²) < 4.78 is 67.3. The number of ether oxygens (including phenoxy) is 2. The average molecular weight is 671 g/mol. The molecule has 10 nitrogen and oxygen atoms in total. The maximum absolute atomic E-state index is 14.6. The standard InChI is InChI=1S/C29H33ClF2N4O6S2/c1-29(2,3)42-27(37)16-13-17(14-16)44(39,40)36-10-7-15(8-11-36)23-20(28(38)41-4)24(18-5-6-19(31)22(32)21(18)30)35-25(34-23)26-33-9-12-43-26/h5-6,9,12,15-17,24H,7-8,10-11,13-14H2,1-4H3,(H,34,35)/t16-,17+,24?. The zero-order chi connectivity index (χ0) is 32.0. The van der Waals surface area contributed by atoms with E-state index in [4.69, 9.17) is 21.1 Å². The molecule has 0 radical (unpaired) electrons. The van der Waals surface area contributed by atoms with Crippen LogP contribution >= 0.6 is 22.9 Å². The highest BCUT2D eigenvalue weighted by atomic mass is 35.5. The van der Waals surface area contributed by atoms with Crippen LogP contribution in [0.5, 0.6) is 0 Å². The van der Waals surface area contributed by atoms with Crippen LogP contribution in [0.4, 0.5) is 8.78 Å². The molecule has 1 aromatic heterocycles. The summed E-state index contributed by atoms with van der Waals surface area (Å²) in [6.07, 6.45) is 2.71. The van der Waals surface area contributed by atoms with E-state index >= 15 is 0 Å². The Morgan fingerprint density at radius 3 is 2.43 bits per heavy atom. The van der Waals surface area contributed by atoms with Crippen molar-refractivity contribution in [2.45, 2.75) is 63.3 Å². The molecule has 0 spiro atoms. The molecule has 1 atom stereocenters. The monoisotopic (exact) mass is 670 g/mol. The van der Waals surface area contributed by atoms with Crippen molar-refractivity contribution >= 4 is 50.7 Å². The third-order valence-corrected chi connectivity index (χ3v) is 11.4. The summed E-state index contributed by atoms with van der Waals surface area (Å²) in [4.78, 5) is 34.6. The second-order valence-electron chi connectivity index (χ2n) is 12.0. The Kier molecular flexibility index (Phi) is 9.18. The largest absolute Gasteiger partial charge is 0.466 e. The van der Waals surface area contributed by atoms with E-state index in [0.29, 0.717) is 29.4 Å². The number of rotatable bonds is 7. The molecule has 3 heterocycles. The lowest BCUT2D eigenvalue weighted by Crippen LogP contribution is -2.50. The van der Waals surface area contributed by atoms with E-state index in [1.54, 1.807) is 32.3 Å². The fraction of sp³-hybridized carbons (Fsp3) is 0.517. The van der Waals surface area contributed by atoms with Crippen molar-refractivity contribution in [1.29, 1.82) is 0 Å². The minimum absolute atomic E-state index is 0.0706. The maximum atomic E-state index is 14.6. The molecule has 1 unspecified atom stereocenters. The van der Waals surface area contributed by atoms with Gasteiger partial charge in [0.2, 0.25) is 10.0 Å². The first-order chi connectivity index (χ1) is 20.7. The molecule has 1 N–H and O–H groups in total. The summed E-state index contributed by atoms with van der Waals surface area (Å²) in [6.45, 7) is 5.67. The fourth-order valence-electron chi connectivity index (χ4n) is 5.64. The topological polar surface area (TPSA) is 127 Å². The molecule has 0 amide bonds. The lowest BCUT2D eigenvalue weighted by Gasteiger charge is -2.40. The normalized spacial score (nSPS) is 23.4. The highest BCUT2D eigenvalue weighted by molar-refractivity contribution is 7.89. The second-order valence-corrected chi connectivity index (χ2v) is 15.5. The van der Waals surface area contributed by atoms with Crippen molar-refractivity contribution in [2.75, 3.05) is 20.2 Å². The van der Waals surface area contributed by atoms with Crippen LogP contribution in [0.2, 0.25) is 5.02 Å². The van der Waals surface area contributed by atoms with Crippen LogP contribution in [0, 0.1) is 23.5 Å². The molecule has 2 aliphatic heterocycles. The highest BCUT2D eigenvalue weighted by Gasteiger charge is 2.47. The average Bonchev–Trinajstić information content (AvgIpc) is 3.48. The summed E-state index contributed by atoms with van der Waals surface area (Å²) >= 11 is 7.53. The van der Waals surface area contributed by atoms with E-state index in [2.05, 4.69) is 15.3 Å². The first kappa shape index (κ1) is 32.5. The molecule has 1 saturated carbocycles. The fourth-order valence-corrected chi connectivity index (χ4v) is 8.58. The van der Waals surface area contributed by atoms with Gasteiger partial charge in [0.15, 0.2) is 22.5 Å². The first-order valence-electron chi connectivity index (χ1n) is 14.1. The van der Waals surface area contributed by atoms with Gasteiger partial charge in [0.05, 0.1) is 28.9 Å². The number of benzene rings is 1. The summed E-state index contributed by atoms with van der Waals surface area (Å²) in [5.74, 6) is -4.00. The Bertz CT molecular complexity index is 1610. The predicted molar refractivity (Wildman–Crippen MR) is 161 cm³/mol. The predicted octanol–water partition coefficient (Wildman–Crippen LogP) is 4.76. The Morgan fingerprint density at radius 2 is 1.84 bits per heavy atom. The third kappa shape index (κ3) is 6.40. The molecule has 3 aliphatic rings. The van der Waals surface area contributed by atoms with Crippen LogP contribution in [0.15, 0.2) is 40.0 Å². The number of amidine groups is 1. The highest BCUT2D eigenvalue weighted by Crippen LogP contribution is 2.42. The SMILES string of the molecule is COC(=O)C1=C(C2CCN(S(=O)(=O)[C@H]3C[C@@H](C(=O)OC(C)(C)C)C3)CC2)NC(c2nccs2)=NC1c1ccc(F)c(F)c1Cl. The van der Waals surface area contributed by atoms with Gasteiger partial charge < -0.3 is 14.8 Å². The Balaban J connectivity index is 1.39. The van der Waals surface area contributed by atoms with Gasteiger partial charge in [0.25, 0.3) is 0 Å². The zero-order valence-electron chi connectivity index (χ0n) is 24.6. The van der Waals surface area contributed by atoms with E-state index in [-0.39, 0.29) is 49.0 Å². The molecule has 1 aliphatic carbocycles. The number of nitrogens with zero attached hydrogens (tertiary/aromatic N) is 3. The molecule has 0 bridgehead atoms. The molecule has 2 aromatic rings. The van der Waals surface area contributed by atoms with Crippen LogP contribution in [-0.2, 0) is 29.1 Å². The van der Waals surface area contributed by atoms with Crippen molar-refractivity contribution in [3.05, 3.63) is 62.2 Å². The van der Waals surface area contributed by atoms with Crippen LogP contribution in [-0.4, -0.2) is 66.5 Å². The molecule has 44 heavy (non-hydrogen) atoms. The molecule has 15 heteroatoms. The molecular weight excluding hydrogens is 638 g/mol. The Labute approximate surface area is 263 Å². The van der Waals surface area contributed by atoms with Crippen molar-refractivity contribution < 1.29 is 36.3 Å². The maximum Gasteiger partial charge on any atom is 0.338 e. The Morgan fingerprint density at radius 1 is 1.16 bits per heavy atom. The number of nitrogens with one attached hydrogen (secondary N) is 1. The summed E-state index contributed by atoms with van der Waals surface area (Å²) in [7, 11) is -2.46. The van der Waals surface area contributed by atoms with Gasteiger partial charge in [-0.15, -0.1) is 11.3 Å². The number of hydrogen-bond donors (Lipinski definition) is 1. The van der Waals surface area contributed by atoms with Gasteiger partial charge in [-0.2, -0.15) is 0 Å². The minimum atomic E-state index is -3.67. The van der Waals surface area contributed by atoms with Crippen molar-refractivity contribution in [2.24, 2.45) is 16.8 Å². The first-order valence-corrected chi connectivity index (χ1v) is 16.9. The molecule has 5 rings (SSSR count).